The summed E-state index contributed by atoms with van der Waals surface area (Å²) in [7, 11) is 0. The number of nitrogens with one attached hydrogen (secondary N) is 1. The van der Waals surface area contributed by atoms with Crippen LogP contribution in [0, 0.1) is 6.92 Å². The number of carbonyl (C=O) groups excluding carboxylic acids is 1. The summed E-state index contributed by atoms with van der Waals surface area (Å²) < 4.78 is 5.72. The lowest BCUT2D eigenvalue weighted by Gasteiger charge is -2.15. The van der Waals surface area contributed by atoms with E-state index in [4.69, 9.17) is 16.3 Å². The van der Waals surface area contributed by atoms with Crippen LogP contribution in [0.4, 0.5) is 10.5 Å². The molecule has 2 amide bonds. The van der Waals surface area contributed by atoms with Gasteiger partial charge in [-0.05, 0) is 50.7 Å². The van der Waals surface area contributed by atoms with E-state index < -0.39 is 6.03 Å². The van der Waals surface area contributed by atoms with Gasteiger partial charge in [0.15, 0.2) is 0 Å². The second-order valence-corrected chi connectivity index (χ2v) is 5.78. The molecule has 4 nitrogen and oxygen atoms in total. The van der Waals surface area contributed by atoms with Crippen molar-refractivity contribution >= 4 is 30.0 Å². The van der Waals surface area contributed by atoms with Crippen molar-refractivity contribution in [3.8, 4) is 16.9 Å². The lowest BCUT2D eigenvalue weighted by Crippen LogP contribution is -2.07. The van der Waals surface area contributed by atoms with E-state index in [1.54, 1.807) is 0 Å². The number of halogens is 1. The van der Waals surface area contributed by atoms with Gasteiger partial charge in [-0.2, -0.15) is 0 Å². The van der Waals surface area contributed by atoms with Gasteiger partial charge in [-0.15, -0.1) is 0 Å². The number of rotatable bonds is 4. The molecule has 0 unspecified atom stereocenters. The molecule has 0 atom stereocenters. The third-order valence-electron chi connectivity index (χ3n) is 3.26. The number of carbonyl (C=O) groups is 1. The highest BCUT2D eigenvalue weighted by molar-refractivity contribution is 6.34. The maximum Gasteiger partial charge on any atom is 0.344 e. The van der Waals surface area contributed by atoms with Crippen molar-refractivity contribution in [1.82, 2.24) is 0 Å². The van der Waals surface area contributed by atoms with E-state index in [9.17, 15) is 4.79 Å². The molecule has 0 radical (unpaired) electrons. The van der Waals surface area contributed by atoms with Crippen LogP contribution in [0.2, 0.25) is 5.02 Å². The van der Waals surface area contributed by atoms with E-state index >= 15 is 0 Å². The fourth-order valence-corrected chi connectivity index (χ4v) is 2.44. The zero-order chi connectivity index (χ0) is 17.0. The van der Waals surface area contributed by atoms with Gasteiger partial charge in [-0.1, -0.05) is 35.9 Å². The Kier molecular flexibility index (Phi) is 5.40. The molecule has 0 heterocycles. The van der Waals surface area contributed by atoms with E-state index in [0.29, 0.717) is 16.5 Å². The summed E-state index contributed by atoms with van der Waals surface area (Å²) in [6, 6.07) is 10.9. The number of ether oxygens (including phenoxy) is 1. The summed E-state index contributed by atoms with van der Waals surface area (Å²) in [6.45, 7) is 9.02. The highest BCUT2D eigenvalue weighted by Crippen LogP contribution is 2.37. The highest BCUT2D eigenvalue weighted by Gasteiger charge is 2.12. The number of aliphatic imine (C=N–C) groups is 1. The summed E-state index contributed by atoms with van der Waals surface area (Å²) in [6.07, 6.45) is 0.0364. The molecule has 120 valence electrons. The van der Waals surface area contributed by atoms with E-state index in [1.165, 1.54) is 0 Å². The number of hydrogen-bond donors (Lipinski definition) is 1. The summed E-state index contributed by atoms with van der Waals surface area (Å²) >= 11 is 6.47. The minimum atomic E-state index is -0.492. The molecule has 0 aliphatic carbocycles. The number of anilines is 1. The SMILES string of the molecule is C=NC(=O)Nc1cc(-c2cccc(OC(C)C)c2Cl)ccc1C. The molecule has 0 aliphatic heterocycles. The Balaban J connectivity index is 2.44. The van der Waals surface area contributed by atoms with Gasteiger partial charge in [-0.25, -0.2) is 9.79 Å². The van der Waals surface area contributed by atoms with Crippen LogP contribution in [0.25, 0.3) is 11.1 Å². The topological polar surface area (TPSA) is 50.7 Å². The number of hydrogen-bond acceptors (Lipinski definition) is 2. The maximum atomic E-state index is 11.4. The van der Waals surface area contributed by atoms with Gasteiger partial charge in [0.25, 0.3) is 0 Å². The van der Waals surface area contributed by atoms with E-state index in [-0.39, 0.29) is 6.10 Å². The van der Waals surface area contributed by atoms with Crippen LogP contribution < -0.4 is 10.1 Å². The summed E-state index contributed by atoms with van der Waals surface area (Å²) in [5.41, 5.74) is 3.32. The van der Waals surface area contributed by atoms with E-state index in [0.717, 1.165) is 16.7 Å². The number of amides is 2. The third-order valence-corrected chi connectivity index (χ3v) is 3.65. The van der Waals surface area contributed by atoms with Crippen LogP contribution in [-0.4, -0.2) is 18.9 Å². The lowest BCUT2D eigenvalue weighted by molar-refractivity contribution is 0.242. The maximum absolute atomic E-state index is 11.4. The van der Waals surface area contributed by atoms with Crippen LogP contribution in [0.3, 0.4) is 0 Å². The largest absolute Gasteiger partial charge is 0.489 e. The molecule has 0 bridgehead atoms. The van der Waals surface area contributed by atoms with Gasteiger partial charge in [0.1, 0.15) is 5.75 Å². The Labute approximate surface area is 141 Å². The molecule has 0 saturated heterocycles. The normalized spacial score (nSPS) is 10.5. The van der Waals surface area contributed by atoms with Gasteiger partial charge >= 0.3 is 6.03 Å². The first kappa shape index (κ1) is 17.0. The van der Waals surface area contributed by atoms with Crippen LogP contribution in [0.5, 0.6) is 5.75 Å². The minimum absolute atomic E-state index is 0.0364. The molecule has 0 spiro atoms. The first-order valence-electron chi connectivity index (χ1n) is 7.26. The molecule has 2 aromatic rings. The predicted molar refractivity (Wildman–Crippen MR) is 96.0 cm³/mol. The van der Waals surface area contributed by atoms with Crippen LogP contribution >= 0.6 is 11.6 Å². The molecule has 2 rings (SSSR count). The molecule has 5 heteroatoms. The Bertz CT molecular complexity index is 742. The van der Waals surface area contributed by atoms with Crippen molar-refractivity contribution in [2.75, 3.05) is 5.32 Å². The highest BCUT2D eigenvalue weighted by atomic mass is 35.5. The molecule has 0 aromatic heterocycles. The van der Waals surface area contributed by atoms with E-state index in [1.807, 2.05) is 57.2 Å². The van der Waals surface area contributed by atoms with Crippen LogP contribution in [0.15, 0.2) is 41.4 Å². The van der Waals surface area contributed by atoms with E-state index in [2.05, 4.69) is 17.0 Å². The van der Waals surface area contributed by atoms with Gasteiger partial charge in [0.2, 0.25) is 0 Å². The molecule has 0 fully saturated rings. The first-order chi connectivity index (χ1) is 10.9. The Morgan fingerprint density at radius 3 is 2.70 bits per heavy atom. The van der Waals surface area contributed by atoms with Gasteiger partial charge in [-0.3, -0.25) is 0 Å². The van der Waals surface area contributed by atoms with Crippen molar-refractivity contribution in [3.05, 3.63) is 47.0 Å². The van der Waals surface area contributed by atoms with Gasteiger partial charge in [0.05, 0.1) is 11.1 Å². The van der Waals surface area contributed by atoms with Crippen LogP contribution in [-0.2, 0) is 0 Å². The smallest absolute Gasteiger partial charge is 0.344 e. The summed E-state index contributed by atoms with van der Waals surface area (Å²) in [4.78, 5) is 14.8. The van der Waals surface area contributed by atoms with Crippen LogP contribution in [0.1, 0.15) is 19.4 Å². The quantitative estimate of drug-likeness (QED) is 0.770. The lowest BCUT2D eigenvalue weighted by atomic mass is 10.0. The summed E-state index contributed by atoms with van der Waals surface area (Å²) in [5.74, 6) is 0.637. The molecule has 1 N–H and O–H groups in total. The number of benzene rings is 2. The molecule has 23 heavy (non-hydrogen) atoms. The molecule has 2 aromatic carbocycles. The second kappa shape index (κ2) is 7.29. The first-order valence-corrected chi connectivity index (χ1v) is 7.64. The zero-order valence-electron chi connectivity index (χ0n) is 13.4. The minimum Gasteiger partial charge on any atom is -0.489 e. The van der Waals surface area contributed by atoms with Crippen molar-refractivity contribution in [2.24, 2.45) is 4.99 Å². The molecular weight excluding hydrogens is 312 g/mol. The molecular formula is C18H19ClN2O2. The van der Waals surface area contributed by atoms with Crippen molar-refractivity contribution in [2.45, 2.75) is 26.9 Å². The summed E-state index contributed by atoms with van der Waals surface area (Å²) in [5, 5.41) is 3.24. The Morgan fingerprint density at radius 1 is 1.30 bits per heavy atom. The van der Waals surface area contributed by atoms with Crippen molar-refractivity contribution < 1.29 is 9.53 Å². The fraction of sp³-hybridized carbons (Fsp3) is 0.222. The van der Waals surface area contributed by atoms with Gasteiger partial charge in [0, 0.05) is 11.3 Å². The standard InChI is InChI=1S/C18H19ClN2O2/c1-11(2)23-16-7-5-6-14(17(16)19)13-9-8-12(3)15(10-13)21-18(22)20-4/h5-11H,4H2,1-3H3,(H,21,22). The third kappa shape index (κ3) is 4.11. The monoisotopic (exact) mass is 330 g/mol. The molecule has 0 saturated carbocycles. The predicted octanol–water partition coefficient (Wildman–Crippen LogP) is 5.34. The number of aryl methyl sites for hydroxylation is 1. The van der Waals surface area contributed by atoms with Crippen molar-refractivity contribution in [1.29, 1.82) is 0 Å². The van der Waals surface area contributed by atoms with Gasteiger partial charge < -0.3 is 10.1 Å². The Hall–Kier alpha value is -2.33. The Morgan fingerprint density at radius 2 is 2.04 bits per heavy atom. The fourth-order valence-electron chi connectivity index (χ4n) is 2.16. The number of urea groups is 1. The zero-order valence-corrected chi connectivity index (χ0v) is 14.1. The average molecular weight is 331 g/mol. The second-order valence-electron chi connectivity index (χ2n) is 5.40. The average Bonchev–Trinajstić information content (AvgIpc) is 2.51. The number of nitrogens with zero attached hydrogens (tertiary/aromatic N) is 1. The van der Waals surface area contributed by atoms with Crippen molar-refractivity contribution in [3.63, 3.8) is 0 Å². The molecule has 0 aliphatic rings.